The van der Waals surface area contributed by atoms with Crippen molar-refractivity contribution in [2.45, 2.75) is 19.4 Å². The third kappa shape index (κ3) is 4.02. The Labute approximate surface area is 139 Å². The molecule has 1 aromatic carbocycles. The summed E-state index contributed by atoms with van der Waals surface area (Å²) in [5, 5.41) is 0. The van der Waals surface area contributed by atoms with Crippen LogP contribution in [-0.4, -0.2) is 43.7 Å². The van der Waals surface area contributed by atoms with Crippen molar-refractivity contribution >= 4 is 34.2 Å². The standard InChI is InChI=1S/C14H19BrN2O3.ClH/c1-3-20-13-11(15)6-9(7-12(13)19-2)14(18)17-5-4-10(16)8-17;/h6-7,10H,3-5,8,16H2,1-2H3;1H/t10-;/m1./s1. The maximum Gasteiger partial charge on any atom is 0.254 e. The van der Waals surface area contributed by atoms with E-state index < -0.39 is 0 Å². The van der Waals surface area contributed by atoms with E-state index in [0.29, 0.717) is 41.2 Å². The molecule has 1 heterocycles. The van der Waals surface area contributed by atoms with Crippen LogP contribution in [0.3, 0.4) is 0 Å². The van der Waals surface area contributed by atoms with Crippen LogP contribution in [0.1, 0.15) is 23.7 Å². The lowest BCUT2D eigenvalue weighted by Gasteiger charge is -2.18. The summed E-state index contributed by atoms with van der Waals surface area (Å²) in [6, 6.07) is 3.55. The Morgan fingerprint density at radius 1 is 1.52 bits per heavy atom. The molecule has 0 aliphatic carbocycles. The smallest absolute Gasteiger partial charge is 0.254 e. The van der Waals surface area contributed by atoms with E-state index in [4.69, 9.17) is 15.2 Å². The van der Waals surface area contributed by atoms with Gasteiger partial charge < -0.3 is 20.1 Å². The van der Waals surface area contributed by atoms with Crippen molar-refractivity contribution in [1.29, 1.82) is 0 Å². The number of benzene rings is 1. The zero-order valence-electron chi connectivity index (χ0n) is 12.1. The van der Waals surface area contributed by atoms with Crippen LogP contribution in [0.25, 0.3) is 0 Å². The largest absolute Gasteiger partial charge is 0.493 e. The van der Waals surface area contributed by atoms with E-state index in [-0.39, 0.29) is 24.4 Å². The Morgan fingerprint density at radius 2 is 2.24 bits per heavy atom. The third-order valence-corrected chi connectivity index (χ3v) is 3.87. The molecule has 0 saturated carbocycles. The van der Waals surface area contributed by atoms with E-state index in [1.807, 2.05) is 6.92 Å². The Balaban J connectivity index is 0.00000220. The molecule has 21 heavy (non-hydrogen) atoms. The summed E-state index contributed by atoms with van der Waals surface area (Å²) in [6.45, 7) is 3.74. The molecule has 118 valence electrons. The summed E-state index contributed by atoms with van der Waals surface area (Å²) in [7, 11) is 1.56. The van der Waals surface area contributed by atoms with Gasteiger partial charge in [0.25, 0.3) is 5.91 Å². The van der Waals surface area contributed by atoms with Crippen LogP contribution < -0.4 is 15.2 Å². The normalized spacial score (nSPS) is 17.3. The highest BCUT2D eigenvalue weighted by Gasteiger charge is 2.26. The van der Waals surface area contributed by atoms with Crippen molar-refractivity contribution in [1.82, 2.24) is 4.90 Å². The SMILES string of the molecule is CCOc1c(Br)cc(C(=O)N2CC[C@@H](N)C2)cc1OC.Cl. The number of nitrogens with zero attached hydrogens (tertiary/aromatic N) is 1. The van der Waals surface area contributed by atoms with Gasteiger partial charge >= 0.3 is 0 Å². The minimum absolute atomic E-state index is 0. The van der Waals surface area contributed by atoms with Gasteiger partial charge in [0.1, 0.15) is 0 Å². The van der Waals surface area contributed by atoms with Gasteiger partial charge in [-0.25, -0.2) is 0 Å². The first kappa shape index (κ1) is 18.1. The van der Waals surface area contributed by atoms with Gasteiger partial charge in [-0.3, -0.25) is 4.79 Å². The molecule has 1 fully saturated rings. The molecule has 1 atom stereocenters. The van der Waals surface area contributed by atoms with Crippen molar-refractivity contribution in [3.05, 3.63) is 22.2 Å². The molecule has 2 rings (SSSR count). The minimum Gasteiger partial charge on any atom is -0.493 e. The average molecular weight is 380 g/mol. The summed E-state index contributed by atoms with van der Waals surface area (Å²) >= 11 is 3.43. The summed E-state index contributed by atoms with van der Waals surface area (Å²) in [5.41, 5.74) is 6.42. The monoisotopic (exact) mass is 378 g/mol. The van der Waals surface area contributed by atoms with Gasteiger partial charge in [0.15, 0.2) is 11.5 Å². The number of nitrogens with two attached hydrogens (primary N) is 1. The maximum absolute atomic E-state index is 12.4. The molecular formula is C14H20BrClN2O3. The molecule has 0 radical (unpaired) electrons. The van der Waals surface area contributed by atoms with Gasteiger partial charge in [0, 0.05) is 24.7 Å². The first-order valence-corrected chi connectivity index (χ1v) is 7.41. The van der Waals surface area contributed by atoms with Crippen LogP contribution in [0, 0.1) is 0 Å². The molecular weight excluding hydrogens is 360 g/mol. The number of carbonyl (C=O) groups excluding carboxylic acids is 1. The number of likely N-dealkylation sites (tertiary alicyclic amines) is 1. The highest BCUT2D eigenvalue weighted by atomic mass is 79.9. The number of ether oxygens (including phenoxy) is 2. The van der Waals surface area contributed by atoms with Crippen LogP contribution in [0.15, 0.2) is 16.6 Å². The molecule has 0 spiro atoms. The molecule has 1 aliphatic rings. The van der Waals surface area contributed by atoms with Crippen LogP contribution in [0.5, 0.6) is 11.5 Å². The third-order valence-electron chi connectivity index (χ3n) is 3.28. The first-order valence-electron chi connectivity index (χ1n) is 6.62. The lowest BCUT2D eigenvalue weighted by molar-refractivity contribution is 0.0790. The van der Waals surface area contributed by atoms with Crippen molar-refractivity contribution in [3.63, 3.8) is 0 Å². The topological polar surface area (TPSA) is 64.8 Å². The predicted molar refractivity (Wildman–Crippen MR) is 87.6 cm³/mol. The van der Waals surface area contributed by atoms with Crippen molar-refractivity contribution in [2.75, 3.05) is 26.8 Å². The summed E-state index contributed by atoms with van der Waals surface area (Å²) in [6.07, 6.45) is 0.848. The summed E-state index contributed by atoms with van der Waals surface area (Å²) in [4.78, 5) is 14.2. The van der Waals surface area contributed by atoms with Gasteiger partial charge in [-0.2, -0.15) is 0 Å². The van der Waals surface area contributed by atoms with E-state index in [2.05, 4.69) is 15.9 Å². The molecule has 0 bridgehead atoms. The zero-order chi connectivity index (χ0) is 14.7. The van der Waals surface area contributed by atoms with Gasteiger partial charge in [0.05, 0.1) is 18.2 Å². The van der Waals surface area contributed by atoms with Gasteiger partial charge in [-0.1, -0.05) is 0 Å². The Morgan fingerprint density at radius 3 is 2.76 bits per heavy atom. The van der Waals surface area contributed by atoms with E-state index >= 15 is 0 Å². The van der Waals surface area contributed by atoms with Crippen LogP contribution in [0.4, 0.5) is 0 Å². The highest BCUT2D eigenvalue weighted by Crippen LogP contribution is 2.37. The number of hydrogen-bond donors (Lipinski definition) is 1. The average Bonchev–Trinajstić information content (AvgIpc) is 2.86. The van der Waals surface area contributed by atoms with Crippen molar-refractivity contribution in [2.24, 2.45) is 5.73 Å². The zero-order valence-corrected chi connectivity index (χ0v) is 14.5. The fourth-order valence-electron chi connectivity index (χ4n) is 2.28. The predicted octanol–water partition coefficient (Wildman–Crippen LogP) is 2.45. The Hall–Kier alpha value is -0.980. The molecule has 1 saturated heterocycles. The molecule has 5 nitrogen and oxygen atoms in total. The van der Waals surface area contributed by atoms with Crippen LogP contribution >= 0.6 is 28.3 Å². The second kappa shape index (κ2) is 7.87. The maximum atomic E-state index is 12.4. The fraction of sp³-hybridized carbons (Fsp3) is 0.500. The Bertz CT molecular complexity index is 513. The molecule has 1 aliphatic heterocycles. The second-order valence-corrected chi connectivity index (χ2v) is 5.58. The number of rotatable bonds is 4. The minimum atomic E-state index is -0.0278. The molecule has 7 heteroatoms. The lowest BCUT2D eigenvalue weighted by atomic mass is 10.1. The van der Waals surface area contributed by atoms with Gasteiger partial charge in [-0.05, 0) is 41.4 Å². The van der Waals surface area contributed by atoms with E-state index in [9.17, 15) is 4.79 Å². The highest BCUT2D eigenvalue weighted by molar-refractivity contribution is 9.10. The van der Waals surface area contributed by atoms with E-state index in [1.54, 1.807) is 24.1 Å². The van der Waals surface area contributed by atoms with Crippen LogP contribution in [-0.2, 0) is 0 Å². The van der Waals surface area contributed by atoms with E-state index in [0.717, 1.165) is 6.42 Å². The number of methoxy groups -OCH3 is 1. The number of halogens is 2. The molecule has 0 unspecified atom stereocenters. The molecule has 1 amide bonds. The lowest BCUT2D eigenvalue weighted by Crippen LogP contribution is -2.31. The molecule has 1 aromatic rings. The fourth-order valence-corrected chi connectivity index (χ4v) is 2.84. The number of amides is 1. The number of hydrogen-bond acceptors (Lipinski definition) is 4. The van der Waals surface area contributed by atoms with Gasteiger partial charge in [0.2, 0.25) is 0 Å². The van der Waals surface area contributed by atoms with Crippen molar-refractivity contribution < 1.29 is 14.3 Å². The van der Waals surface area contributed by atoms with Gasteiger partial charge in [-0.15, -0.1) is 12.4 Å². The first-order chi connectivity index (χ1) is 9.56. The molecule has 0 aromatic heterocycles. The van der Waals surface area contributed by atoms with Crippen LogP contribution in [0.2, 0.25) is 0 Å². The summed E-state index contributed by atoms with van der Waals surface area (Å²) in [5.74, 6) is 1.14. The summed E-state index contributed by atoms with van der Waals surface area (Å²) < 4.78 is 11.5. The van der Waals surface area contributed by atoms with Crippen molar-refractivity contribution in [3.8, 4) is 11.5 Å². The number of carbonyl (C=O) groups is 1. The quantitative estimate of drug-likeness (QED) is 0.873. The van der Waals surface area contributed by atoms with E-state index in [1.165, 1.54) is 0 Å². The Kier molecular flexibility index (Phi) is 6.77. The molecule has 2 N–H and O–H groups in total. The second-order valence-electron chi connectivity index (χ2n) is 4.72.